The van der Waals surface area contributed by atoms with E-state index in [-0.39, 0.29) is 0 Å². The normalized spacial score (nSPS) is 10.5. The number of aromatic nitrogens is 2. The Balaban J connectivity index is 2.40. The number of aryl methyl sites for hydroxylation is 1. The first-order valence-corrected chi connectivity index (χ1v) is 8.41. The largest absolute Gasteiger partial charge is 0.373 e. The summed E-state index contributed by atoms with van der Waals surface area (Å²) in [5.74, 6) is 2.55. The van der Waals surface area contributed by atoms with Crippen molar-refractivity contribution in [2.45, 2.75) is 26.7 Å². The highest BCUT2D eigenvalue weighted by Gasteiger charge is 2.11. The number of hydrogen-bond donors (Lipinski definition) is 2. The average molecular weight is 414 g/mol. The lowest BCUT2D eigenvalue weighted by Gasteiger charge is -2.14. The van der Waals surface area contributed by atoms with Crippen LogP contribution in [-0.2, 0) is 6.42 Å². The molecule has 0 fully saturated rings. The fraction of sp³-hybridized carbons (Fsp3) is 0.333. The molecule has 0 aliphatic carbocycles. The first kappa shape index (κ1) is 16.2. The van der Waals surface area contributed by atoms with Crippen molar-refractivity contribution in [1.29, 1.82) is 0 Å². The summed E-state index contributed by atoms with van der Waals surface area (Å²) >= 11 is 7.02. The Labute approximate surface area is 142 Å². The molecule has 0 atom stereocenters. The zero-order valence-electron chi connectivity index (χ0n) is 12.3. The minimum absolute atomic E-state index is 0.834. The van der Waals surface area contributed by atoms with Crippen LogP contribution in [0.25, 0.3) is 0 Å². The van der Waals surface area contributed by atoms with E-state index >= 15 is 0 Å². The maximum absolute atomic E-state index is 4.63. The summed E-state index contributed by atoms with van der Waals surface area (Å²) in [6.45, 7) is 4.14. The quantitative estimate of drug-likeness (QED) is 0.720. The van der Waals surface area contributed by atoms with Gasteiger partial charge < -0.3 is 10.6 Å². The third-order valence-electron chi connectivity index (χ3n) is 3.09. The molecule has 0 spiro atoms. The van der Waals surface area contributed by atoms with Crippen LogP contribution >= 0.6 is 31.9 Å². The Morgan fingerprint density at radius 2 is 1.86 bits per heavy atom. The van der Waals surface area contributed by atoms with Crippen LogP contribution in [0.15, 0.2) is 27.1 Å². The number of benzene rings is 1. The smallest absolute Gasteiger partial charge is 0.139 e. The zero-order chi connectivity index (χ0) is 15.4. The van der Waals surface area contributed by atoms with Crippen LogP contribution in [0.3, 0.4) is 0 Å². The van der Waals surface area contributed by atoms with E-state index in [4.69, 9.17) is 0 Å². The first-order valence-electron chi connectivity index (χ1n) is 6.82. The SMILES string of the molecule is CCCc1nc(NC)c(C)c(Nc2ccc(Br)cc2Br)n1. The fourth-order valence-electron chi connectivity index (χ4n) is 1.98. The zero-order valence-corrected chi connectivity index (χ0v) is 15.5. The van der Waals surface area contributed by atoms with Gasteiger partial charge in [-0.1, -0.05) is 22.9 Å². The molecule has 112 valence electrons. The van der Waals surface area contributed by atoms with Crippen molar-refractivity contribution in [1.82, 2.24) is 9.97 Å². The summed E-state index contributed by atoms with van der Waals surface area (Å²) in [6, 6.07) is 6.01. The van der Waals surface area contributed by atoms with Gasteiger partial charge in [-0.25, -0.2) is 9.97 Å². The van der Waals surface area contributed by atoms with E-state index in [1.165, 1.54) is 0 Å². The van der Waals surface area contributed by atoms with Gasteiger partial charge in [-0.3, -0.25) is 0 Å². The van der Waals surface area contributed by atoms with Gasteiger partial charge in [0.05, 0.1) is 5.69 Å². The van der Waals surface area contributed by atoms with E-state index in [1.54, 1.807) is 0 Å². The van der Waals surface area contributed by atoms with Crippen molar-refractivity contribution >= 4 is 49.2 Å². The minimum atomic E-state index is 0.834. The molecule has 1 aromatic heterocycles. The van der Waals surface area contributed by atoms with Crippen molar-refractivity contribution in [2.24, 2.45) is 0 Å². The first-order chi connectivity index (χ1) is 10.0. The standard InChI is InChI=1S/C15H18Br2N4/c1-4-5-13-20-14(18-3)9(2)15(21-13)19-12-7-6-10(16)8-11(12)17/h6-8H,4-5H2,1-3H3,(H2,18,19,20,21). The maximum Gasteiger partial charge on any atom is 0.139 e. The molecule has 0 unspecified atom stereocenters. The molecule has 0 radical (unpaired) electrons. The fourth-order valence-corrected chi connectivity index (χ4v) is 3.13. The van der Waals surface area contributed by atoms with Crippen molar-refractivity contribution < 1.29 is 0 Å². The summed E-state index contributed by atoms with van der Waals surface area (Å²) in [5, 5.41) is 6.52. The lowest BCUT2D eigenvalue weighted by atomic mass is 10.2. The molecule has 6 heteroatoms. The molecule has 1 aromatic carbocycles. The average Bonchev–Trinajstić information content (AvgIpc) is 2.45. The molecule has 0 amide bonds. The van der Waals surface area contributed by atoms with Crippen molar-refractivity contribution in [3.05, 3.63) is 38.5 Å². The topological polar surface area (TPSA) is 49.8 Å². The maximum atomic E-state index is 4.63. The second-order valence-corrected chi connectivity index (χ2v) is 6.48. The summed E-state index contributed by atoms with van der Waals surface area (Å²) in [4.78, 5) is 9.17. The molecule has 4 nitrogen and oxygen atoms in total. The van der Waals surface area contributed by atoms with Crippen molar-refractivity contribution in [3.8, 4) is 0 Å². The highest BCUT2D eigenvalue weighted by Crippen LogP contribution is 2.30. The Kier molecular flexibility index (Phi) is 5.58. The molecule has 0 saturated carbocycles. The van der Waals surface area contributed by atoms with Crippen LogP contribution in [0.5, 0.6) is 0 Å². The lowest BCUT2D eigenvalue weighted by molar-refractivity contribution is 0.835. The number of halogens is 2. The Hall–Kier alpha value is -1.14. The minimum Gasteiger partial charge on any atom is -0.373 e. The molecule has 2 N–H and O–H groups in total. The van der Waals surface area contributed by atoms with Gasteiger partial charge in [-0.2, -0.15) is 0 Å². The van der Waals surface area contributed by atoms with Gasteiger partial charge >= 0.3 is 0 Å². The predicted molar refractivity (Wildman–Crippen MR) is 95.4 cm³/mol. The number of rotatable bonds is 5. The molecule has 2 aromatic rings. The molecule has 0 bridgehead atoms. The molecule has 0 aliphatic heterocycles. The van der Waals surface area contributed by atoms with Gasteiger partial charge in [0.25, 0.3) is 0 Å². The van der Waals surface area contributed by atoms with Crippen LogP contribution < -0.4 is 10.6 Å². The van der Waals surface area contributed by atoms with E-state index in [9.17, 15) is 0 Å². The number of nitrogens with zero attached hydrogens (tertiary/aromatic N) is 2. The molecule has 0 aliphatic rings. The van der Waals surface area contributed by atoms with Gasteiger partial charge in [0.15, 0.2) is 0 Å². The summed E-state index contributed by atoms with van der Waals surface area (Å²) in [6.07, 6.45) is 1.89. The van der Waals surface area contributed by atoms with Gasteiger partial charge in [-0.05, 0) is 47.5 Å². The molecule has 1 heterocycles. The Morgan fingerprint density at radius 1 is 1.14 bits per heavy atom. The van der Waals surface area contributed by atoms with Gasteiger partial charge in [0.1, 0.15) is 17.5 Å². The molecule has 0 saturated heterocycles. The lowest BCUT2D eigenvalue weighted by Crippen LogP contribution is -2.07. The van der Waals surface area contributed by atoms with Gasteiger partial charge in [0, 0.05) is 28.0 Å². The molecular weight excluding hydrogens is 396 g/mol. The van der Waals surface area contributed by atoms with Gasteiger partial charge in [-0.15, -0.1) is 0 Å². The second kappa shape index (κ2) is 7.22. The van der Waals surface area contributed by atoms with Crippen LogP contribution in [0.2, 0.25) is 0 Å². The molecule has 21 heavy (non-hydrogen) atoms. The highest BCUT2D eigenvalue weighted by atomic mass is 79.9. The monoisotopic (exact) mass is 412 g/mol. The van der Waals surface area contributed by atoms with E-state index < -0.39 is 0 Å². The predicted octanol–water partition coefficient (Wildman–Crippen LogP) is 5.05. The third kappa shape index (κ3) is 3.95. The van der Waals surface area contributed by atoms with E-state index in [0.29, 0.717) is 0 Å². The van der Waals surface area contributed by atoms with Crippen molar-refractivity contribution in [3.63, 3.8) is 0 Å². The van der Waals surface area contributed by atoms with E-state index in [1.807, 2.05) is 32.2 Å². The Bertz CT molecular complexity index is 644. The van der Waals surface area contributed by atoms with Crippen LogP contribution in [0.4, 0.5) is 17.3 Å². The van der Waals surface area contributed by atoms with Crippen LogP contribution in [0, 0.1) is 6.92 Å². The molecule has 2 rings (SSSR count). The summed E-state index contributed by atoms with van der Waals surface area (Å²) < 4.78 is 2.01. The number of anilines is 3. The molecular formula is C15H18Br2N4. The van der Waals surface area contributed by atoms with Crippen LogP contribution in [0.1, 0.15) is 24.7 Å². The third-order valence-corrected chi connectivity index (χ3v) is 4.24. The number of nitrogens with one attached hydrogen (secondary N) is 2. The van der Waals surface area contributed by atoms with E-state index in [2.05, 4.69) is 59.4 Å². The summed E-state index contributed by atoms with van der Waals surface area (Å²) in [7, 11) is 1.88. The van der Waals surface area contributed by atoms with Crippen molar-refractivity contribution in [2.75, 3.05) is 17.7 Å². The second-order valence-electron chi connectivity index (χ2n) is 4.71. The Morgan fingerprint density at radius 3 is 2.48 bits per heavy atom. The summed E-state index contributed by atoms with van der Waals surface area (Å²) in [5.41, 5.74) is 1.98. The van der Waals surface area contributed by atoms with Crippen LogP contribution in [-0.4, -0.2) is 17.0 Å². The number of hydrogen-bond acceptors (Lipinski definition) is 4. The van der Waals surface area contributed by atoms with Gasteiger partial charge in [0.2, 0.25) is 0 Å². The highest BCUT2D eigenvalue weighted by molar-refractivity contribution is 9.11. The van der Waals surface area contributed by atoms with E-state index in [0.717, 1.165) is 50.5 Å².